The van der Waals surface area contributed by atoms with Gasteiger partial charge in [0.05, 0.1) is 31.5 Å². The zero-order valence-corrected chi connectivity index (χ0v) is 18.5. The third-order valence-electron chi connectivity index (χ3n) is 5.98. The van der Waals surface area contributed by atoms with Crippen LogP contribution >= 0.6 is 0 Å². The van der Waals surface area contributed by atoms with Gasteiger partial charge >= 0.3 is 5.97 Å². The van der Waals surface area contributed by atoms with Gasteiger partial charge in [0.2, 0.25) is 0 Å². The van der Waals surface area contributed by atoms with Crippen LogP contribution in [0, 0.1) is 5.41 Å². The van der Waals surface area contributed by atoms with Crippen LogP contribution in [0.25, 0.3) is 6.08 Å². The number of carboxylic acid groups (broad SMARTS) is 1. The van der Waals surface area contributed by atoms with Gasteiger partial charge in [0.25, 0.3) is 0 Å². The first-order chi connectivity index (χ1) is 15.3. The summed E-state index contributed by atoms with van der Waals surface area (Å²) in [5.74, 6) is -0.0433. The second-order valence-electron chi connectivity index (χ2n) is 8.94. The molecule has 0 spiro atoms. The van der Waals surface area contributed by atoms with E-state index < -0.39 is 17.4 Å². The smallest absolute Gasteiger partial charge is 0.317 e. The lowest BCUT2D eigenvalue weighted by atomic mass is 9.74. The zero-order valence-electron chi connectivity index (χ0n) is 18.5. The van der Waals surface area contributed by atoms with Crippen molar-refractivity contribution in [2.45, 2.75) is 19.9 Å². The molecule has 7 heteroatoms. The number of hydrogen-bond donors (Lipinski definition) is 1. The van der Waals surface area contributed by atoms with Crippen LogP contribution in [-0.2, 0) is 14.3 Å². The number of pyridine rings is 1. The SMILES string of the molecule is CC1(C)CN(CC(=O)O)C(c2ccccc2)/C(=C/c2cccc(N3CCOCC3)n2)C1=O. The summed E-state index contributed by atoms with van der Waals surface area (Å²) < 4.78 is 5.44. The van der Waals surface area contributed by atoms with Crippen molar-refractivity contribution in [1.29, 1.82) is 0 Å². The second kappa shape index (κ2) is 9.22. The highest BCUT2D eigenvalue weighted by Crippen LogP contribution is 2.41. The van der Waals surface area contributed by atoms with E-state index >= 15 is 0 Å². The summed E-state index contributed by atoms with van der Waals surface area (Å²) in [5, 5.41) is 9.55. The minimum absolute atomic E-state index is 0.0200. The third kappa shape index (κ3) is 4.74. The first-order valence-corrected chi connectivity index (χ1v) is 10.9. The fraction of sp³-hybridized carbons (Fsp3) is 0.400. The van der Waals surface area contributed by atoms with E-state index in [1.165, 1.54) is 0 Å². The molecule has 7 nitrogen and oxygen atoms in total. The molecule has 2 aliphatic heterocycles. The van der Waals surface area contributed by atoms with Crippen molar-refractivity contribution >= 4 is 23.6 Å². The van der Waals surface area contributed by atoms with Crippen LogP contribution < -0.4 is 4.90 Å². The largest absolute Gasteiger partial charge is 0.480 e. The number of carboxylic acids is 1. The van der Waals surface area contributed by atoms with Crippen molar-refractivity contribution in [3.8, 4) is 0 Å². The number of likely N-dealkylation sites (tertiary alicyclic amines) is 1. The van der Waals surface area contributed by atoms with Crippen LogP contribution in [0.4, 0.5) is 5.82 Å². The molecule has 0 saturated carbocycles. The number of aliphatic carboxylic acids is 1. The van der Waals surface area contributed by atoms with Crippen LogP contribution in [0.2, 0.25) is 0 Å². The Labute approximate surface area is 188 Å². The van der Waals surface area contributed by atoms with E-state index in [0.717, 1.165) is 24.5 Å². The third-order valence-corrected chi connectivity index (χ3v) is 5.98. The van der Waals surface area contributed by atoms with E-state index in [-0.39, 0.29) is 12.3 Å². The molecular weight excluding hydrogens is 406 g/mol. The first kappa shape index (κ1) is 22.2. The molecule has 1 aromatic carbocycles. The highest BCUT2D eigenvalue weighted by atomic mass is 16.5. The standard InChI is InChI=1S/C25H29N3O4/c1-25(2)17-28(16-22(29)30)23(18-7-4-3-5-8-18)20(24(25)31)15-19-9-6-10-21(26-19)27-11-13-32-14-12-27/h3-10,15,23H,11-14,16-17H2,1-2H3,(H,29,30)/b20-15-. The molecule has 3 heterocycles. The number of morpholine rings is 1. The van der Waals surface area contributed by atoms with E-state index in [2.05, 4.69) is 4.90 Å². The van der Waals surface area contributed by atoms with Crippen LogP contribution in [0.15, 0.2) is 54.1 Å². The number of rotatable bonds is 5. The Hall–Kier alpha value is -3.03. The Balaban J connectivity index is 1.78. The van der Waals surface area contributed by atoms with Gasteiger partial charge in [0.1, 0.15) is 5.82 Å². The molecule has 168 valence electrons. The first-order valence-electron chi connectivity index (χ1n) is 10.9. The Morgan fingerprint density at radius 1 is 1.16 bits per heavy atom. The fourth-order valence-electron chi connectivity index (χ4n) is 4.52. The van der Waals surface area contributed by atoms with E-state index in [1.54, 1.807) is 0 Å². The Kier molecular flexibility index (Phi) is 6.39. The highest BCUT2D eigenvalue weighted by Gasteiger charge is 2.44. The lowest BCUT2D eigenvalue weighted by Gasteiger charge is -2.43. The van der Waals surface area contributed by atoms with E-state index in [4.69, 9.17) is 9.72 Å². The average molecular weight is 436 g/mol. The van der Waals surface area contributed by atoms with Gasteiger partial charge in [-0.1, -0.05) is 50.2 Å². The number of hydrogen-bond acceptors (Lipinski definition) is 6. The predicted octanol–water partition coefficient (Wildman–Crippen LogP) is 3.04. The maximum absolute atomic E-state index is 13.6. The number of carbonyl (C=O) groups excluding carboxylic acids is 1. The molecule has 2 aromatic rings. The van der Waals surface area contributed by atoms with Gasteiger partial charge in [-0.05, 0) is 23.8 Å². The van der Waals surface area contributed by atoms with E-state index in [1.807, 2.05) is 73.4 Å². The van der Waals surface area contributed by atoms with Crippen molar-refractivity contribution in [2.75, 3.05) is 44.3 Å². The summed E-state index contributed by atoms with van der Waals surface area (Å²) >= 11 is 0. The normalized spacial score (nSPS) is 22.8. The number of piperidine rings is 1. The van der Waals surface area contributed by atoms with Crippen molar-refractivity contribution < 1.29 is 19.4 Å². The number of carbonyl (C=O) groups is 2. The van der Waals surface area contributed by atoms with Crippen LogP contribution in [0.1, 0.15) is 31.1 Å². The molecule has 2 saturated heterocycles. The summed E-state index contributed by atoms with van der Waals surface area (Å²) in [6, 6.07) is 15.0. The zero-order chi connectivity index (χ0) is 22.7. The van der Waals surface area contributed by atoms with Gasteiger partial charge in [-0.2, -0.15) is 0 Å². The molecule has 2 aliphatic rings. The van der Waals surface area contributed by atoms with Gasteiger partial charge in [0.15, 0.2) is 5.78 Å². The number of nitrogens with zero attached hydrogens (tertiary/aromatic N) is 3. The number of aromatic nitrogens is 1. The van der Waals surface area contributed by atoms with Crippen molar-refractivity contribution in [3.63, 3.8) is 0 Å². The molecule has 4 rings (SSSR count). The summed E-state index contributed by atoms with van der Waals surface area (Å²) in [7, 11) is 0. The monoisotopic (exact) mass is 435 g/mol. The maximum Gasteiger partial charge on any atom is 0.317 e. The molecule has 32 heavy (non-hydrogen) atoms. The van der Waals surface area contributed by atoms with Crippen LogP contribution in [0.5, 0.6) is 0 Å². The molecule has 1 atom stereocenters. The Bertz CT molecular complexity index is 1010. The molecule has 2 fully saturated rings. The predicted molar refractivity (Wildman–Crippen MR) is 122 cm³/mol. The number of ether oxygens (including phenoxy) is 1. The van der Waals surface area contributed by atoms with Gasteiger partial charge in [-0.15, -0.1) is 0 Å². The number of benzene rings is 1. The summed E-state index contributed by atoms with van der Waals surface area (Å²) in [5.41, 5.74) is 1.45. The quantitative estimate of drug-likeness (QED) is 0.723. The van der Waals surface area contributed by atoms with E-state index in [9.17, 15) is 14.7 Å². The van der Waals surface area contributed by atoms with Crippen molar-refractivity contribution in [2.24, 2.45) is 5.41 Å². The average Bonchev–Trinajstić information content (AvgIpc) is 2.78. The topological polar surface area (TPSA) is 83.0 Å². The summed E-state index contributed by atoms with van der Waals surface area (Å²) in [4.78, 5) is 34.0. The minimum atomic E-state index is -0.914. The minimum Gasteiger partial charge on any atom is -0.480 e. The molecule has 0 amide bonds. The number of anilines is 1. The second-order valence-corrected chi connectivity index (χ2v) is 8.94. The summed E-state index contributed by atoms with van der Waals surface area (Å²) in [6.07, 6.45) is 1.83. The Morgan fingerprint density at radius 3 is 2.56 bits per heavy atom. The lowest BCUT2D eigenvalue weighted by Crippen LogP contribution is -2.50. The maximum atomic E-state index is 13.6. The molecule has 1 unspecified atom stereocenters. The molecule has 0 aliphatic carbocycles. The highest BCUT2D eigenvalue weighted by molar-refractivity contribution is 6.05. The molecule has 1 N–H and O–H groups in total. The molecule has 0 bridgehead atoms. The van der Waals surface area contributed by atoms with Crippen molar-refractivity contribution in [3.05, 3.63) is 65.4 Å². The lowest BCUT2D eigenvalue weighted by molar-refractivity contribution is -0.141. The molecule has 0 radical (unpaired) electrons. The number of ketones is 1. The van der Waals surface area contributed by atoms with Crippen molar-refractivity contribution in [1.82, 2.24) is 9.88 Å². The summed E-state index contributed by atoms with van der Waals surface area (Å²) in [6.45, 7) is 6.86. The van der Waals surface area contributed by atoms with E-state index in [0.29, 0.717) is 31.0 Å². The molecule has 1 aromatic heterocycles. The van der Waals surface area contributed by atoms with Gasteiger partial charge in [0, 0.05) is 30.6 Å². The number of Topliss-reactive ketones (excluding diaryl/α,β-unsaturated/α-hetero) is 1. The van der Waals surface area contributed by atoms with Gasteiger partial charge in [-0.25, -0.2) is 4.98 Å². The fourth-order valence-corrected chi connectivity index (χ4v) is 4.52. The van der Waals surface area contributed by atoms with Crippen LogP contribution in [0.3, 0.4) is 0 Å². The van der Waals surface area contributed by atoms with Gasteiger partial charge in [-0.3, -0.25) is 14.5 Å². The van der Waals surface area contributed by atoms with Crippen LogP contribution in [-0.4, -0.2) is 66.1 Å². The molecular formula is C25H29N3O4. The van der Waals surface area contributed by atoms with Gasteiger partial charge < -0.3 is 14.7 Å². The Morgan fingerprint density at radius 2 is 1.88 bits per heavy atom.